The lowest BCUT2D eigenvalue weighted by atomic mass is 9.97. The third-order valence-corrected chi connectivity index (χ3v) is 7.18. The van der Waals surface area contributed by atoms with Crippen molar-refractivity contribution in [3.8, 4) is 6.07 Å². The standard InChI is InChI=1S/C25H30F3N7O/c1-5-19-15-34(21-11-23(36)32(4)35-13-18(9-10-29)31-24(21)35)20(6-2)14-33(19)16(3)17-7-8-22(30-12-17)25(26,27)28/h7-8,11-13,16,19-20H,5-6,9,14-15H2,1-4H3/t16?,19-,20+/m1/s1. The van der Waals surface area contributed by atoms with Gasteiger partial charge in [-0.1, -0.05) is 19.9 Å². The molecule has 1 unspecified atom stereocenters. The third-order valence-electron chi connectivity index (χ3n) is 7.18. The third kappa shape index (κ3) is 4.69. The maximum absolute atomic E-state index is 13.0. The molecule has 3 aromatic heterocycles. The number of hydrogen-bond acceptors (Lipinski definition) is 6. The molecule has 0 spiro atoms. The van der Waals surface area contributed by atoms with Crippen molar-refractivity contribution >= 4 is 11.3 Å². The molecule has 0 aromatic carbocycles. The zero-order valence-corrected chi connectivity index (χ0v) is 20.8. The van der Waals surface area contributed by atoms with Crippen molar-refractivity contribution in [3.63, 3.8) is 0 Å². The Labute approximate surface area is 207 Å². The number of aryl methyl sites for hydroxylation is 1. The van der Waals surface area contributed by atoms with E-state index in [1.165, 1.54) is 16.9 Å². The summed E-state index contributed by atoms with van der Waals surface area (Å²) in [5.41, 5.74) is 1.62. The lowest BCUT2D eigenvalue weighted by Gasteiger charge is -2.49. The van der Waals surface area contributed by atoms with Crippen LogP contribution in [-0.2, 0) is 19.6 Å². The van der Waals surface area contributed by atoms with Crippen molar-refractivity contribution in [2.45, 2.75) is 64.3 Å². The van der Waals surface area contributed by atoms with Crippen molar-refractivity contribution < 1.29 is 13.2 Å². The highest BCUT2D eigenvalue weighted by Gasteiger charge is 2.37. The van der Waals surface area contributed by atoms with Crippen molar-refractivity contribution in [3.05, 3.63) is 57.9 Å². The molecule has 3 atom stereocenters. The molecule has 0 aliphatic carbocycles. The summed E-state index contributed by atoms with van der Waals surface area (Å²) in [6, 6.07) is 6.29. The molecular formula is C25H30F3N7O. The van der Waals surface area contributed by atoms with Crippen LogP contribution in [0.15, 0.2) is 35.4 Å². The fourth-order valence-electron chi connectivity index (χ4n) is 5.05. The summed E-state index contributed by atoms with van der Waals surface area (Å²) < 4.78 is 42.1. The molecule has 192 valence electrons. The predicted octanol–water partition coefficient (Wildman–Crippen LogP) is 3.95. The molecule has 0 N–H and O–H groups in total. The van der Waals surface area contributed by atoms with Crippen LogP contribution in [0.5, 0.6) is 0 Å². The molecule has 1 fully saturated rings. The highest BCUT2D eigenvalue weighted by Crippen LogP contribution is 2.34. The van der Waals surface area contributed by atoms with Gasteiger partial charge in [0, 0.05) is 50.5 Å². The molecular weight excluding hydrogens is 471 g/mol. The Morgan fingerprint density at radius 1 is 1.19 bits per heavy atom. The largest absolute Gasteiger partial charge is 0.433 e. The first-order valence-corrected chi connectivity index (χ1v) is 12.1. The van der Waals surface area contributed by atoms with Crippen LogP contribution in [0.25, 0.3) is 5.65 Å². The molecule has 0 radical (unpaired) electrons. The van der Waals surface area contributed by atoms with Crippen LogP contribution in [-0.4, -0.2) is 49.2 Å². The van der Waals surface area contributed by atoms with Gasteiger partial charge in [-0.2, -0.15) is 18.4 Å². The molecule has 0 bridgehead atoms. The van der Waals surface area contributed by atoms with E-state index in [0.717, 1.165) is 30.2 Å². The molecule has 0 amide bonds. The number of alkyl halides is 3. The van der Waals surface area contributed by atoms with Crippen molar-refractivity contribution in [2.75, 3.05) is 18.0 Å². The number of fused-ring (bicyclic) bond motifs is 1. The van der Waals surface area contributed by atoms with Gasteiger partial charge < -0.3 is 4.90 Å². The van der Waals surface area contributed by atoms with E-state index in [1.807, 2.05) is 6.92 Å². The number of rotatable bonds is 6. The summed E-state index contributed by atoms with van der Waals surface area (Å²) in [5, 5.41) is 9.12. The summed E-state index contributed by atoms with van der Waals surface area (Å²) in [7, 11) is 1.67. The number of aromatic nitrogens is 4. The van der Waals surface area contributed by atoms with Gasteiger partial charge in [-0.3, -0.25) is 14.7 Å². The zero-order chi connectivity index (χ0) is 26.2. The van der Waals surface area contributed by atoms with Crippen LogP contribution in [0.3, 0.4) is 0 Å². The van der Waals surface area contributed by atoms with Gasteiger partial charge in [-0.05, 0) is 31.4 Å². The fraction of sp³-hybridized carbons (Fsp3) is 0.520. The van der Waals surface area contributed by atoms with Crippen LogP contribution >= 0.6 is 0 Å². The van der Waals surface area contributed by atoms with Crippen molar-refractivity contribution in [1.29, 1.82) is 5.26 Å². The maximum Gasteiger partial charge on any atom is 0.433 e. The molecule has 1 aliphatic rings. The van der Waals surface area contributed by atoms with Gasteiger partial charge >= 0.3 is 6.18 Å². The van der Waals surface area contributed by atoms with Crippen LogP contribution in [0.2, 0.25) is 0 Å². The Morgan fingerprint density at radius 3 is 2.50 bits per heavy atom. The van der Waals surface area contributed by atoms with E-state index < -0.39 is 11.9 Å². The molecule has 4 heterocycles. The van der Waals surface area contributed by atoms with E-state index in [2.05, 4.69) is 39.7 Å². The minimum absolute atomic E-state index is 0.0599. The topological polar surface area (TPSA) is 82.5 Å². The van der Waals surface area contributed by atoms with Crippen LogP contribution in [0, 0.1) is 11.3 Å². The number of pyridine rings is 1. The first-order valence-electron chi connectivity index (χ1n) is 12.1. The average Bonchev–Trinajstić information content (AvgIpc) is 3.29. The van der Waals surface area contributed by atoms with Gasteiger partial charge in [-0.25, -0.2) is 14.2 Å². The number of imidazole rings is 1. The zero-order valence-electron chi connectivity index (χ0n) is 20.8. The highest BCUT2D eigenvalue weighted by molar-refractivity contribution is 5.69. The number of anilines is 1. The number of nitriles is 1. The molecule has 1 aliphatic heterocycles. The molecule has 36 heavy (non-hydrogen) atoms. The van der Waals surface area contributed by atoms with E-state index in [4.69, 9.17) is 5.26 Å². The first kappa shape index (κ1) is 25.7. The summed E-state index contributed by atoms with van der Waals surface area (Å²) in [6.07, 6.45) is 0.344. The molecule has 4 rings (SSSR count). The smallest absolute Gasteiger partial charge is 0.362 e. The molecule has 3 aromatic rings. The van der Waals surface area contributed by atoms with Crippen molar-refractivity contribution in [2.24, 2.45) is 7.05 Å². The SMILES string of the molecule is CC[C@H]1CN(C(C)c2ccc(C(F)(F)F)nc2)[C@H](CC)CN1c1cc(=O)n(C)n2cc(CC#N)nc12. The Hall–Kier alpha value is -3.39. The molecule has 8 nitrogen and oxygen atoms in total. The Balaban J connectivity index is 1.68. The maximum atomic E-state index is 13.0. The number of halogens is 3. The predicted molar refractivity (Wildman–Crippen MR) is 130 cm³/mol. The van der Waals surface area contributed by atoms with E-state index >= 15 is 0 Å². The Bertz CT molecular complexity index is 1320. The molecule has 11 heteroatoms. The first-order chi connectivity index (χ1) is 17.1. The number of hydrogen-bond donors (Lipinski definition) is 0. The summed E-state index contributed by atoms with van der Waals surface area (Å²) in [6.45, 7) is 7.47. The van der Waals surface area contributed by atoms with E-state index in [9.17, 15) is 18.0 Å². The summed E-state index contributed by atoms with van der Waals surface area (Å²) in [4.78, 5) is 25.6. The average molecular weight is 502 g/mol. The van der Waals surface area contributed by atoms with E-state index in [-0.39, 0.29) is 30.1 Å². The number of nitrogens with zero attached hydrogens (tertiary/aromatic N) is 7. The second-order valence-electron chi connectivity index (χ2n) is 9.25. The monoisotopic (exact) mass is 501 g/mol. The Kier molecular flexibility index (Phi) is 7.09. The van der Waals surface area contributed by atoms with Gasteiger partial charge in [0.1, 0.15) is 5.69 Å². The second kappa shape index (κ2) is 9.93. The van der Waals surface area contributed by atoms with E-state index in [0.29, 0.717) is 24.4 Å². The lowest BCUT2D eigenvalue weighted by molar-refractivity contribution is -0.141. The quantitative estimate of drug-likeness (QED) is 0.509. The van der Waals surface area contributed by atoms with Gasteiger partial charge in [0.15, 0.2) is 5.65 Å². The Morgan fingerprint density at radius 2 is 1.92 bits per heavy atom. The van der Waals surface area contributed by atoms with Crippen molar-refractivity contribution in [1.82, 2.24) is 24.1 Å². The summed E-state index contributed by atoms with van der Waals surface area (Å²) in [5.74, 6) is 0. The second-order valence-corrected chi connectivity index (χ2v) is 9.25. The fourth-order valence-corrected chi connectivity index (χ4v) is 5.05. The minimum Gasteiger partial charge on any atom is -0.362 e. The molecule has 0 saturated carbocycles. The molecule has 1 saturated heterocycles. The van der Waals surface area contributed by atoms with Gasteiger partial charge in [0.25, 0.3) is 5.56 Å². The van der Waals surface area contributed by atoms with Gasteiger partial charge in [0.2, 0.25) is 0 Å². The lowest BCUT2D eigenvalue weighted by Crippen LogP contribution is -2.59. The van der Waals surface area contributed by atoms with Gasteiger partial charge in [0.05, 0.1) is 30.1 Å². The normalized spacial score (nSPS) is 20.0. The minimum atomic E-state index is -4.47. The van der Waals surface area contributed by atoms with Crippen LogP contribution < -0.4 is 10.5 Å². The van der Waals surface area contributed by atoms with Gasteiger partial charge in [-0.15, -0.1) is 0 Å². The number of piperazine rings is 1. The van der Waals surface area contributed by atoms with Crippen LogP contribution in [0.4, 0.5) is 18.9 Å². The van der Waals surface area contributed by atoms with Crippen LogP contribution in [0.1, 0.15) is 56.6 Å². The summed E-state index contributed by atoms with van der Waals surface area (Å²) >= 11 is 0. The highest BCUT2D eigenvalue weighted by atomic mass is 19.4. The van der Waals surface area contributed by atoms with E-state index in [1.54, 1.807) is 23.8 Å².